The molecule has 3 N–H and O–H groups in total. The van der Waals surface area contributed by atoms with Crippen molar-refractivity contribution in [3.05, 3.63) is 70.8 Å². The van der Waals surface area contributed by atoms with Crippen molar-refractivity contribution in [2.75, 3.05) is 19.0 Å². The summed E-state index contributed by atoms with van der Waals surface area (Å²) in [5.41, 5.74) is -0.222. The van der Waals surface area contributed by atoms with E-state index in [2.05, 4.69) is 6.92 Å². The molecule has 0 amide bonds. The number of aliphatic hydroxyl groups excluding tert-OH is 1. The first-order valence-electron chi connectivity index (χ1n) is 16.0. The van der Waals surface area contributed by atoms with Crippen molar-refractivity contribution in [3.8, 4) is 0 Å². The predicted octanol–water partition coefficient (Wildman–Crippen LogP) is 7.71. The van der Waals surface area contributed by atoms with E-state index in [0.717, 1.165) is 24.0 Å². The SMILES string of the molecule is CCCCCCCCCCCCOCC(O)CSC(c1ccc(C(=O)C(C)(C)O)cc1)c1ccc(C(=O)C(C)(C)O)cc1. The van der Waals surface area contributed by atoms with Crippen LogP contribution in [0.1, 0.15) is 136 Å². The van der Waals surface area contributed by atoms with Gasteiger partial charge in [-0.15, -0.1) is 11.8 Å². The second-order valence-corrected chi connectivity index (χ2v) is 13.8. The molecule has 0 saturated carbocycles. The second-order valence-electron chi connectivity index (χ2n) is 12.6. The maximum atomic E-state index is 12.5. The standard InChI is InChI=1S/C36H54O6S/c1-6-7-8-9-10-11-12-13-14-15-24-42-25-31(37)26-43-32(27-16-20-29(21-17-27)33(38)35(2,3)40)28-18-22-30(23-19-28)34(39)36(4,5)41/h16-23,31-32,37,40-41H,6-15,24-26H2,1-5H3. The normalized spacial score (nSPS) is 13.0. The highest BCUT2D eigenvalue weighted by Crippen LogP contribution is 2.37. The van der Waals surface area contributed by atoms with Crippen molar-refractivity contribution in [1.82, 2.24) is 0 Å². The Morgan fingerprint density at radius 3 is 1.49 bits per heavy atom. The first-order chi connectivity index (χ1) is 20.3. The number of hydrogen-bond acceptors (Lipinski definition) is 7. The van der Waals surface area contributed by atoms with E-state index in [1.165, 1.54) is 79.1 Å². The molecule has 2 rings (SSSR count). The number of Topliss-reactive ketones (excluding diaryl/α,β-unsaturated/α-hetero) is 2. The molecule has 2 aromatic rings. The topological polar surface area (TPSA) is 104 Å². The van der Waals surface area contributed by atoms with Gasteiger partial charge in [-0.2, -0.15) is 0 Å². The lowest BCUT2D eigenvalue weighted by atomic mass is 9.93. The van der Waals surface area contributed by atoms with Crippen LogP contribution < -0.4 is 0 Å². The van der Waals surface area contributed by atoms with E-state index >= 15 is 0 Å². The molecule has 7 heteroatoms. The number of ether oxygens (including phenoxy) is 1. The van der Waals surface area contributed by atoms with Gasteiger partial charge in [-0.25, -0.2) is 0 Å². The van der Waals surface area contributed by atoms with Crippen LogP contribution in [0.3, 0.4) is 0 Å². The summed E-state index contributed by atoms with van der Waals surface area (Å²) < 4.78 is 5.77. The van der Waals surface area contributed by atoms with Crippen molar-refractivity contribution >= 4 is 23.3 Å². The van der Waals surface area contributed by atoms with Gasteiger partial charge in [0.25, 0.3) is 0 Å². The molecule has 43 heavy (non-hydrogen) atoms. The van der Waals surface area contributed by atoms with Crippen LogP contribution in [0.25, 0.3) is 0 Å². The molecule has 0 bridgehead atoms. The first-order valence-corrected chi connectivity index (χ1v) is 17.0. The third-order valence-electron chi connectivity index (χ3n) is 7.47. The van der Waals surface area contributed by atoms with Crippen LogP contribution in [-0.2, 0) is 4.74 Å². The Kier molecular flexibility index (Phi) is 16.2. The van der Waals surface area contributed by atoms with Crippen molar-refractivity contribution in [1.29, 1.82) is 0 Å². The fraction of sp³-hybridized carbons (Fsp3) is 0.611. The van der Waals surface area contributed by atoms with Crippen LogP contribution in [0, 0.1) is 0 Å². The third kappa shape index (κ3) is 13.7. The molecule has 0 heterocycles. The number of thioether (sulfide) groups is 1. The van der Waals surface area contributed by atoms with Crippen LogP contribution in [0.2, 0.25) is 0 Å². The largest absolute Gasteiger partial charge is 0.390 e. The molecule has 0 aliphatic heterocycles. The van der Waals surface area contributed by atoms with Crippen molar-refractivity contribution in [2.45, 2.75) is 121 Å². The maximum absolute atomic E-state index is 12.5. The maximum Gasteiger partial charge on any atom is 0.193 e. The summed E-state index contributed by atoms with van der Waals surface area (Å²) in [5.74, 6) is -0.266. The molecule has 1 unspecified atom stereocenters. The lowest BCUT2D eigenvalue weighted by Gasteiger charge is -2.22. The average Bonchev–Trinajstić information content (AvgIpc) is 2.96. The van der Waals surface area contributed by atoms with Crippen LogP contribution in [-0.4, -0.2) is 63.2 Å². The molecule has 2 aromatic carbocycles. The Labute approximate surface area is 263 Å². The number of carbonyl (C=O) groups excluding carboxylic acids is 2. The van der Waals surface area contributed by atoms with Gasteiger partial charge in [0.05, 0.1) is 18.0 Å². The molecule has 0 aliphatic carbocycles. The van der Waals surface area contributed by atoms with Crippen molar-refractivity contribution < 1.29 is 29.6 Å². The third-order valence-corrected chi connectivity index (χ3v) is 8.93. The molecule has 0 saturated heterocycles. The minimum absolute atomic E-state index is 0.172. The Morgan fingerprint density at radius 2 is 1.09 bits per heavy atom. The second kappa shape index (κ2) is 18.7. The van der Waals surface area contributed by atoms with E-state index in [0.29, 0.717) is 23.5 Å². The molecular formula is C36H54O6S. The monoisotopic (exact) mass is 614 g/mol. The van der Waals surface area contributed by atoms with Gasteiger partial charge in [0.2, 0.25) is 0 Å². The number of unbranched alkanes of at least 4 members (excludes halogenated alkanes) is 9. The van der Waals surface area contributed by atoms with Crippen LogP contribution in [0.15, 0.2) is 48.5 Å². The van der Waals surface area contributed by atoms with Gasteiger partial charge in [0, 0.05) is 23.5 Å². The first kappa shape index (κ1) is 37.2. The summed E-state index contributed by atoms with van der Waals surface area (Å²) in [4.78, 5) is 25.0. The highest BCUT2D eigenvalue weighted by molar-refractivity contribution is 7.99. The average molecular weight is 615 g/mol. The smallest absolute Gasteiger partial charge is 0.193 e. The molecular weight excluding hydrogens is 560 g/mol. The number of rotatable bonds is 22. The summed E-state index contributed by atoms with van der Waals surface area (Å²) >= 11 is 1.56. The van der Waals surface area contributed by atoms with Gasteiger partial charge in [-0.1, -0.05) is 113 Å². The number of carbonyl (C=O) groups is 2. The summed E-state index contributed by atoms with van der Waals surface area (Å²) in [6.07, 6.45) is 12.0. The molecule has 0 aliphatic rings. The Hall–Kier alpha value is -2.03. The van der Waals surface area contributed by atoms with Gasteiger partial charge in [0.1, 0.15) is 11.2 Å². The van der Waals surface area contributed by atoms with E-state index in [1.54, 1.807) is 36.0 Å². The zero-order chi connectivity index (χ0) is 31.9. The molecule has 0 spiro atoms. The van der Waals surface area contributed by atoms with Gasteiger partial charge in [-0.3, -0.25) is 9.59 Å². The summed E-state index contributed by atoms with van der Waals surface area (Å²) in [5, 5.41) is 30.7. The molecule has 0 radical (unpaired) electrons. The summed E-state index contributed by atoms with van der Waals surface area (Å²) in [7, 11) is 0. The fourth-order valence-electron chi connectivity index (χ4n) is 4.88. The predicted molar refractivity (Wildman–Crippen MR) is 177 cm³/mol. The number of ketones is 2. The minimum atomic E-state index is -1.46. The van der Waals surface area contributed by atoms with Crippen LogP contribution in [0.5, 0.6) is 0 Å². The molecule has 0 aromatic heterocycles. The quantitative estimate of drug-likeness (QED) is 0.0922. The van der Waals surface area contributed by atoms with E-state index < -0.39 is 17.3 Å². The van der Waals surface area contributed by atoms with Crippen molar-refractivity contribution in [2.24, 2.45) is 0 Å². The molecule has 6 nitrogen and oxygen atoms in total. The lowest BCUT2D eigenvalue weighted by molar-refractivity contribution is 0.0467. The van der Waals surface area contributed by atoms with Crippen molar-refractivity contribution in [3.63, 3.8) is 0 Å². The van der Waals surface area contributed by atoms with E-state index in [4.69, 9.17) is 4.74 Å². The zero-order valence-corrected chi connectivity index (χ0v) is 27.8. The molecule has 1 atom stereocenters. The van der Waals surface area contributed by atoms with Gasteiger partial charge in [-0.05, 0) is 45.2 Å². The van der Waals surface area contributed by atoms with Crippen LogP contribution in [0.4, 0.5) is 0 Å². The molecule has 240 valence electrons. The van der Waals surface area contributed by atoms with Gasteiger partial charge >= 0.3 is 0 Å². The summed E-state index contributed by atoms with van der Waals surface area (Å²) in [6, 6.07) is 14.3. The number of benzene rings is 2. The highest BCUT2D eigenvalue weighted by Gasteiger charge is 2.27. The van der Waals surface area contributed by atoms with Crippen LogP contribution >= 0.6 is 11.8 Å². The Morgan fingerprint density at radius 1 is 0.698 bits per heavy atom. The lowest BCUT2D eigenvalue weighted by Crippen LogP contribution is -2.31. The van der Waals surface area contributed by atoms with E-state index in [1.807, 2.05) is 24.3 Å². The van der Waals surface area contributed by atoms with Gasteiger partial charge in [0.15, 0.2) is 11.6 Å². The number of aliphatic hydroxyl groups is 3. The van der Waals surface area contributed by atoms with E-state index in [-0.39, 0.29) is 23.4 Å². The summed E-state index contributed by atoms with van der Waals surface area (Å²) in [6.45, 7) is 9.05. The highest BCUT2D eigenvalue weighted by atomic mass is 32.2. The minimum Gasteiger partial charge on any atom is -0.390 e. The number of hydrogen-bond donors (Lipinski definition) is 3. The Bertz CT molecular complexity index is 1010. The zero-order valence-electron chi connectivity index (χ0n) is 26.9. The molecule has 0 fully saturated rings. The van der Waals surface area contributed by atoms with Gasteiger partial charge < -0.3 is 20.1 Å². The van der Waals surface area contributed by atoms with E-state index in [9.17, 15) is 24.9 Å². The fourth-order valence-corrected chi connectivity index (χ4v) is 6.09. The Balaban J connectivity index is 1.93.